The molecule has 1 saturated carbocycles. The zero-order chi connectivity index (χ0) is 14.8. The second-order valence-corrected chi connectivity index (χ2v) is 9.06. The first-order valence-electron chi connectivity index (χ1n) is 6.83. The summed E-state index contributed by atoms with van der Waals surface area (Å²) in [4.78, 5) is 0.288. The number of hydrogen-bond acceptors (Lipinski definition) is 2. The van der Waals surface area contributed by atoms with E-state index >= 15 is 0 Å². The Morgan fingerprint density at radius 1 is 1.20 bits per heavy atom. The number of benzene rings is 1. The van der Waals surface area contributed by atoms with E-state index in [9.17, 15) is 8.42 Å². The van der Waals surface area contributed by atoms with Crippen molar-refractivity contribution in [1.29, 1.82) is 0 Å². The van der Waals surface area contributed by atoms with Gasteiger partial charge in [0.15, 0.2) is 0 Å². The number of nitrogens with one attached hydrogen (secondary N) is 1. The predicted molar refractivity (Wildman–Crippen MR) is 88.2 cm³/mol. The van der Waals surface area contributed by atoms with Gasteiger partial charge in [-0.2, -0.15) is 0 Å². The summed E-state index contributed by atoms with van der Waals surface area (Å²) < 4.78 is 28.8. The zero-order valence-corrected chi connectivity index (χ0v) is 15.4. The van der Waals surface area contributed by atoms with Crippen LogP contribution in [-0.4, -0.2) is 15.0 Å². The Labute approximate surface area is 137 Å². The van der Waals surface area contributed by atoms with E-state index in [0.29, 0.717) is 16.9 Å². The van der Waals surface area contributed by atoms with Crippen LogP contribution in [0.15, 0.2) is 32.0 Å². The molecule has 3 nitrogen and oxygen atoms in total. The van der Waals surface area contributed by atoms with E-state index < -0.39 is 10.0 Å². The van der Waals surface area contributed by atoms with E-state index in [1.54, 1.807) is 12.1 Å². The van der Waals surface area contributed by atoms with Gasteiger partial charge in [0.1, 0.15) is 0 Å². The topological polar surface area (TPSA) is 46.2 Å². The molecule has 0 heterocycles. The van der Waals surface area contributed by atoms with E-state index in [2.05, 4.69) is 43.5 Å². The van der Waals surface area contributed by atoms with Gasteiger partial charge in [0.25, 0.3) is 0 Å². The van der Waals surface area contributed by atoms with Gasteiger partial charge in [0.2, 0.25) is 10.0 Å². The fraction of sp³-hybridized carbons (Fsp3) is 0.571. The van der Waals surface area contributed by atoms with Crippen molar-refractivity contribution in [2.24, 2.45) is 11.8 Å². The third-order valence-corrected chi connectivity index (χ3v) is 6.79. The monoisotopic (exact) mass is 423 g/mol. The summed E-state index contributed by atoms with van der Waals surface area (Å²) in [5.41, 5.74) is 0. The van der Waals surface area contributed by atoms with Crippen LogP contribution in [0, 0.1) is 11.8 Å². The van der Waals surface area contributed by atoms with E-state index in [1.807, 2.05) is 6.07 Å². The molecular weight excluding hydrogens is 406 g/mol. The molecule has 1 fully saturated rings. The maximum atomic E-state index is 12.4. The molecule has 1 aliphatic rings. The summed E-state index contributed by atoms with van der Waals surface area (Å²) >= 11 is 6.61. The van der Waals surface area contributed by atoms with Crippen LogP contribution in [0.5, 0.6) is 0 Å². The third kappa shape index (κ3) is 4.29. The Morgan fingerprint density at radius 2 is 1.85 bits per heavy atom. The summed E-state index contributed by atoms with van der Waals surface area (Å²) in [7, 11) is -3.45. The fourth-order valence-corrected chi connectivity index (χ4v) is 5.14. The molecule has 0 radical (unpaired) electrons. The van der Waals surface area contributed by atoms with Crippen molar-refractivity contribution in [2.75, 3.05) is 6.54 Å². The molecule has 1 aromatic carbocycles. The molecule has 1 N–H and O–H groups in total. The molecule has 1 aliphatic carbocycles. The average molecular weight is 425 g/mol. The number of rotatable bonds is 4. The summed E-state index contributed by atoms with van der Waals surface area (Å²) in [6.07, 6.45) is 4.63. The van der Waals surface area contributed by atoms with Crippen molar-refractivity contribution in [3.05, 3.63) is 27.1 Å². The minimum atomic E-state index is -3.45. The van der Waals surface area contributed by atoms with E-state index in [0.717, 1.165) is 23.2 Å². The van der Waals surface area contributed by atoms with Crippen LogP contribution in [0.2, 0.25) is 0 Å². The van der Waals surface area contributed by atoms with Crippen LogP contribution < -0.4 is 4.72 Å². The highest BCUT2D eigenvalue weighted by Crippen LogP contribution is 2.29. The SMILES string of the molecule is CC1CCC(CNS(=O)(=O)c2cc(Br)ccc2Br)CC1. The smallest absolute Gasteiger partial charge is 0.211 e. The number of halogens is 2. The minimum Gasteiger partial charge on any atom is -0.211 e. The second-order valence-electron chi connectivity index (χ2n) is 5.55. The summed E-state index contributed by atoms with van der Waals surface area (Å²) in [6.45, 7) is 2.80. The Kier molecular flexibility index (Phi) is 5.68. The van der Waals surface area contributed by atoms with Crippen molar-refractivity contribution in [1.82, 2.24) is 4.72 Å². The molecule has 0 saturated heterocycles. The molecule has 112 valence electrons. The van der Waals surface area contributed by atoms with Crippen LogP contribution >= 0.6 is 31.9 Å². The first kappa shape index (κ1) is 16.5. The highest BCUT2D eigenvalue weighted by Gasteiger charge is 2.22. The highest BCUT2D eigenvalue weighted by atomic mass is 79.9. The molecule has 20 heavy (non-hydrogen) atoms. The molecule has 0 spiro atoms. The first-order valence-corrected chi connectivity index (χ1v) is 9.90. The Bertz CT molecular complexity index is 567. The first-order chi connectivity index (χ1) is 9.38. The van der Waals surface area contributed by atoms with Crippen molar-refractivity contribution >= 4 is 41.9 Å². The fourth-order valence-electron chi connectivity index (χ4n) is 2.52. The zero-order valence-electron chi connectivity index (χ0n) is 11.4. The molecule has 0 aliphatic heterocycles. The maximum Gasteiger partial charge on any atom is 0.241 e. The van der Waals surface area contributed by atoms with Gasteiger partial charge in [-0.1, -0.05) is 35.7 Å². The summed E-state index contributed by atoms with van der Waals surface area (Å²) in [6, 6.07) is 5.17. The lowest BCUT2D eigenvalue weighted by Gasteiger charge is -2.26. The highest BCUT2D eigenvalue weighted by molar-refractivity contribution is 9.11. The Balaban J connectivity index is 2.02. The van der Waals surface area contributed by atoms with Crippen LogP contribution in [0.1, 0.15) is 32.6 Å². The van der Waals surface area contributed by atoms with Gasteiger partial charge in [-0.3, -0.25) is 0 Å². The third-order valence-electron chi connectivity index (χ3n) is 3.88. The normalized spacial score (nSPS) is 23.8. The molecule has 6 heteroatoms. The van der Waals surface area contributed by atoms with Crippen molar-refractivity contribution in [3.8, 4) is 0 Å². The lowest BCUT2D eigenvalue weighted by molar-refractivity contribution is 0.290. The molecule has 0 aromatic heterocycles. The largest absolute Gasteiger partial charge is 0.241 e. The molecule has 0 bridgehead atoms. The quantitative estimate of drug-likeness (QED) is 0.782. The van der Waals surface area contributed by atoms with Crippen LogP contribution in [0.4, 0.5) is 0 Å². The maximum absolute atomic E-state index is 12.4. The van der Waals surface area contributed by atoms with E-state index in [1.165, 1.54) is 12.8 Å². The van der Waals surface area contributed by atoms with Gasteiger partial charge in [0, 0.05) is 15.5 Å². The van der Waals surface area contributed by atoms with Gasteiger partial charge in [-0.25, -0.2) is 13.1 Å². The van der Waals surface area contributed by atoms with Gasteiger partial charge >= 0.3 is 0 Å². The van der Waals surface area contributed by atoms with E-state index in [4.69, 9.17) is 0 Å². The standard InChI is InChI=1S/C14H19Br2NO2S/c1-10-2-4-11(5-3-10)9-17-20(18,19)14-8-12(15)6-7-13(14)16/h6-8,10-11,17H,2-5,9H2,1H3. The Morgan fingerprint density at radius 3 is 2.50 bits per heavy atom. The van der Waals surface area contributed by atoms with Gasteiger partial charge in [-0.15, -0.1) is 0 Å². The van der Waals surface area contributed by atoms with E-state index in [-0.39, 0.29) is 4.90 Å². The van der Waals surface area contributed by atoms with Crippen LogP contribution in [-0.2, 0) is 10.0 Å². The van der Waals surface area contributed by atoms with Crippen LogP contribution in [0.3, 0.4) is 0 Å². The Hall–Kier alpha value is 0.0900. The number of sulfonamides is 1. The molecular formula is C14H19Br2NO2S. The molecule has 0 atom stereocenters. The molecule has 2 rings (SSSR count). The molecule has 0 amide bonds. The van der Waals surface area contributed by atoms with Crippen molar-refractivity contribution in [2.45, 2.75) is 37.5 Å². The van der Waals surface area contributed by atoms with Gasteiger partial charge in [0.05, 0.1) is 4.90 Å². The van der Waals surface area contributed by atoms with Gasteiger partial charge in [-0.05, 0) is 58.8 Å². The van der Waals surface area contributed by atoms with Crippen LogP contribution in [0.25, 0.3) is 0 Å². The van der Waals surface area contributed by atoms with Crippen molar-refractivity contribution < 1.29 is 8.42 Å². The number of hydrogen-bond donors (Lipinski definition) is 1. The van der Waals surface area contributed by atoms with Crippen molar-refractivity contribution in [3.63, 3.8) is 0 Å². The minimum absolute atomic E-state index is 0.288. The summed E-state index contributed by atoms with van der Waals surface area (Å²) in [5, 5.41) is 0. The lowest BCUT2D eigenvalue weighted by atomic mass is 9.83. The average Bonchev–Trinajstić information content (AvgIpc) is 2.41. The van der Waals surface area contributed by atoms with Gasteiger partial charge < -0.3 is 0 Å². The summed E-state index contributed by atoms with van der Waals surface area (Å²) in [5.74, 6) is 1.24. The molecule has 1 aromatic rings. The second kappa shape index (κ2) is 6.90. The molecule has 0 unspecified atom stereocenters. The lowest BCUT2D eigenvalue weighted by Crippen LogP contribution is -2.31. The predicted octanol–water partition coefficient (Wildman–Crippen LogP) is 4.32.